The van der Waals surface area contributed by atoms with E-state index in [1.54, 1.807) is 24.3 Å². The number of carbonyl (C=O) groups excluding carboxylic acids is 2. The summed E-state index contributed by atoms with van der Waals surface area (Å²) >= 11 is 0. The summed E-state index contributed by atoms with van der Waals surface area (Å²) in [4.78, 5) is 23.9. The van der Waals surface area contributed by atoms with Gasteiger partial charge >= 0.3 is 0 Å². The van der Waals surface area contributed by atoms with E-state index in [2.05, 4.69) is 5.32 Å². The van der Waals surface area contributed by atoms with Crippen LogP contribution in [0.5, 0.6) is 11.5 Å². The van der Waals surface area contributed by atoms with Crippen molar-refractivity contribution < 1.29 is 19.1 Å². The molecule has 1 aliphatic heterocycles. The highest BCUT2D eigenvalue weighted by molar-refractivity contribution is 6.14. The van der Waals surface area contributed by atoms with Crippen molar-refractivity contribution in [1.82, 2.24) is 5.32 Å². The SMILES string of the molecule is CCNC(=O)COc1ccc(C=C2COc3ccccc3C2=O)cc1. The Morgan fingerprint density at radius 3 is 2.72 bits per heavy atom. The van der Waals surface area contributed by atoms with E-state index in [1.165, 1.54) is 0 Å². The van der Waals surface area contributed by atoms with Gasteiger partial charge in [-0.3, -0.25) is 9.59 Å². The fraction of sp³-hybridized carbons (Fsp3) is 0.200. The second-order valence-corrected chi connectivity index (χ2v) is 5.59. The average molecular weight is 337 g/mol. The highest BCUT2D eigenvalue weighted by atomic mass is 16.5. The van der Waals surface area contributed by atoms with Crippen molar-refractivity contribution in [2.24, 2.45) is 0 Å². The van der Waals surface area contributed by atoms with Crippen LogP contribution >= 0.6 is 0 Å². The molecule has 2 aromatic carbocycles. The smallest absolute Gasteiger partial charge is 0.257 e. The van der Waals surface area contributed by atoms with Crippen molar-refractivity contribution >= 4 is 17.8 Å². The molecule has 1 aliphatic rings. The van der Waals surface area contributed by atoms with E-state index in [0.717, 1.165) is 5.56 Å². The van der Waals surface area contributed by atoms with Gasteiger partial charge in [0, 0.05) is 12.1 Å². The summed E-state index contributed by atoms with van der Waals surface area (Å²) in [5.74, 6) is 1.06. The summed E-state index contributed by atoms with van der Waals surface area (Å²) in [6, 6.07) is 14.5. The molecule has 5 nitrogen and oxygen atoms in total. The summed E-state index contributed by atoms with van der Waals surface area (Å²) in [6.07, 6.45) is 1.81. The molecule has 0 aliphatic carbocycles. The lowest BCUT2D eigenvalue weighted by molar-refractivity contribution is -0.122. The van der Waals surface area contributed by atoms with Gasteiger partial charge in [0.1, 0.15) is 18.1 Å². The monoisotopic (exact) mass is 337 g/mol. The Hall–Kier alpha value is -3.08. The van der Waals surface area contributed by atoms with Gasteiger partial charge in [0.25, 0.3) is 5.91 Å². The maximum absolute atomic E-state index is 12.5. The first-order valence-corrected chi connectivity index (χ1v) is 8.14. The minimum Gasteiger partial charge on any atom is -0.488 e. The number of para-hydroxylation sites is 1. The maximum atomic E-state index is 12.5. The predicted molar refractivity (Wildman–Crippen MR) is 94.9 cm³/mol. The third kappa shape index (κ3) is 4.07. The highest BCUT2D eigenvalue weighted by Gasteiger charge is 2.22. The number of benzene rings is 2. The van der Waals surface area contributed by atoms with Crippen LogP contribution in [-0.4, -0.2) is 31.4 Å². The molecule has 0 saturated carbocycles. The molecule has 0 saturated heterocycles. The van der Waals surface area contributed by atoms with Crippen LogP contribution < -0.4 is 14.8 Å². The zero-order valence-corrected chi connectivity index (χ0v) is 14.0. The van der Waals surface area contributed by atoms with Crippen molar-refractivity contribution in [3.8, 4) is 11.5 Å². The largest absolute Gasteiger partial charge is 0.488 e. The minimum absolute atomic E-state index is 0.0154. The maximum Gasteiger partial charge on any atom is 0.257 e. The van der Waals surface area contributed by atoms with Crippen molar-refractivity contribution in [1.29, 1.82) is 0 Å². The number of rotatable bonds is 5. The van der Waals surface area contributed by atoms with Gasteiger partial charge in [-0.05, 0) is 42.8 Å². The third-order valence-electron chi connectivity index (χ3n) is 3.77. The number of nitrogens with one attached hydrogen (secondary N) is 1. The quantitative estimate of drug-likeness (QED) is 0.852. The van der Waals surface area contributed by atoms with Crippen LogP contribution in [0.1, 0.15) is 22.8 Å². The van der Waals surface area contributed by atoms with E-state index in [1.807, 2.05) is 37.3 Å². The fourth-order valence-electron chi connectivity index (χ4n) is 2.54. The Bertz CT molecular complexity index is 809. The van der Waals surface area contributed by atoms with Gasteiger partial charge in [-0.2, -0.15) is 0 Å². The minimum atomic E-state index is -0.155. The molecule has 0 atom stereocenters. The number of carbonyl (C=O) groups is 2. The molecule has 1 amide bonds. The molecular weight excluding hydrogens is 318 g/mol. The summed E-state index contributed by atoms with van der Waals surface area (Å²) in [5, 5.41) is 2.67. The number of ketones is 1. The number of Topliss-reactive ketones (excluding diaryl/α,β-unsaturated/α-hetero) is 1. The summed E-state index contributed by atoms with van der Waals surface area (Å²) in [6.45, 7) is 2.67. The van der Waals surface area contributed by atoms with E-state index in [9.17, 15) is 9.59 Å². The van der Waals surface area contributed by atoms with Crippen LogP contribution in [0.25, 0.3) is 6.08 Å². The van der Waals surface area contributed by atoms with Crippen LogP contribution in [0, 0.1) is 0 Å². The summed E-state index contributed by atoms with van der Waals surface area (Å²) < 4.78 is 11.0. The lowest BCUT2D eigenvalue weighted by Crippen LogP contribution is -2.28. The van der Waals surface area contributed by atoms with Gasteiger partial charge < -0.3 is 14.8 Å². The highest BCUT2D eigenvalue weighted by Crippen LogP contribution is 2.27. The molecular formula is C20H19NO4. The van der Waals surface area contributed by atoms with Gasteiger partial charge in [-0.25, -0.2) is 0 Å². The molecule has 5 heteroatoms. The number of hydrogen-bond donors (Lipinski definition) is 1. The Labute approximate surface area is 146 Å². The van der Waals surface area contributed by atoms with Gasteiger partial charge in [0.15, 0.2) is 12.4 Å². The van der Waals surface area contributed by atoms with Crippen molar-refractivity contribution in [2.45, 2.75) is 6.92 Å². The lowest BCUT2D eigenvalue weighted by Gasteiger charge is -2.18. The molecule has 0 aromatic heterocycles. The van der Waals surface area contributed by atoms with E-state index in [-0.39, 0.29) is 24.9 Å². The zero-order valence-electron chi connectivity index (χ0n) is 14.0. The van der Waals surface area contributed by atoms with E-state index < -0.39 is 0 Å². The number of ether oxygens (including phenoxy) is 2. The molecule has 2 aromatic rings. The predicted octanol–water partition coefficient (Wildman–Crippen LogP) is 2.86. The zero-order chi connectivity index (χ0) is 17.6. The average Bonchev–Trinajstić information content (AvgIpc) is 2.64. The first-order valence-electron chi connectivity index (χ1n) is 8.14. The number of likely N-dealkylation sites (N-methyl/N-ethyl adjacent to an activating group) is 1. The van der Waals surface area contributed by atoms with E-state index in [0.29, 0.717) is 29.2 Å². The van der Waals surface area contributed by atoms with Crippen molar-refractivity contribution in [3.63, 3.8) is 0 Å². The van der Waals surface area contributed by atoms with Crippen LogP contribution in [-0.2, 0) is 4.79 Å². The fourth-order valence-corrected chi connectivity index (χ4v) is 2.54. The molecule has 0 bridgehead atoms. The normalized spacial score (nSPS) is 14.6. The van der Waals surface area contributed by atoms with Crippen LogP contribution in [0.4, 0.5) is 0 Å². The lowest BCUT2D eigenvalue weighted by atomic mass is 9.98. The molecule has 1 heterocycles. The Balaban J connectivity index is 1.68. The molecule has 0 spiro atoms. The van der Waals surface area contributed by atoms with E-state index >= 15 is 0 Å². The number of hydrogen-bond acceptors (Lipinski definition) is 4. The Morgan fingerprint density at radius 1 is 1.20 bits per heavy atom. The van der Waals surface area contributed by atoms with Crippen LogP contribution in [0.15, 0.2) is 54.1 Å². The van der Waals surface area contributed by atoms with Gasteiger partial charge in [-0.15, -0.1) is 0 Å². The van der Waals surface area contributed by atoms with Crippen molar-refractivity contribution in [2.75, 3.05) is 19.8 Å². The first-order chi connectivity index (χ1) is 12.2. The van der Waals surface area contributed by atoms with E-state index in [4.69, 9.17) is 9.47 Å². The molecule has 0 unspecified atom stereocenters. The number of amides is 1. The van der Waals surface area contributed by atoms with Gasteiger partial charge in [-0.1, -0.05) is 24.3 Å². The standard InChI is InChI=1S/C20H19NO4/c1-2-21-19(22)13-24-16-9-7-14(8-10-16)11-15-12-25-18-6-4-3-5-17(18)20(15)23/h3-11H,2,12-13H2,1H3,(H,21,22). The van der Waals surface area contributed by atoms with Crippen LogP contribution in [0.3, 0.4) is 0 Å². The van der Waals surface area contributed by atoms with Crippen molar-refractivity contribution in [3.05, 3.63) is 65.2 Å². The first kappa shape index (κ1) is 16.8. The Kier molecular flexibility index (Phi) is 5.14. The second kappa shape index (κ2) is 7.66. The number of fused-ring (bicyclic) bond motifs is 1. The Morgan fingerprint density at radius 2 is 1.96 bits per heavy atom. The topological polar surface area (TPSA) is 64.6 Å². The molecule has 25 heavy (non-hydrogen) atoms. The summed E-state index contributed by atoms with van der Waals surface area (Å²) in [5.41, 5.74) is 2.06. The molecule has 128 valence electrons. The molecule has 3 rings (SSSR count). The third-order valence-corrected chi connectivity index (χ3v) is 3.77. The molecule has 0 fully saturated rings. The molecule has 0 radical (unpaired) electrons. The van der Waals surface area contributed by atoms with Gasteiger partial charge in [0.05, 0.1) is 5.56 Å². The molecule has 1 N–H and O–H groups in total. The van der Waals surface area contributed by atoms with Gasteiger partial charge in [0.2, 0.25) is 0 Å². The summed E-state index contributed by atoms with van der Waals surface area (Å²) in [7, 11) is 0. The second-order valence-electron chi connectivity index (χ2n) is 5.59. The van der Waals surface area contributed by atoms with Crippen LogP contribution in [0.2, 0.25) is 0 Å².